The molecule has 1 aromatic carbocycles. The molecule has 5 heteroatoms. The molecule has 1 aromatic heterocycles. The molecule has 0 fully saturated rings. The molecule has 0 spiro atoms. The predicted octanol–water partition coefficient (Wildman–Crippen LogP) is 2.12. The van der Waals surface area contributed by atoms with Crippen LogP contribution in [0.2, 0.25) is 0 Å². The lowest BCUT2D eigenvalue weighted by Crippen LogP contribution is -2.22. The van der Waals surface area contributed by atoms with Gasteiger partial charge in [0.15, 0.2) is 11.6 Å². The van der Waals surface area contributed by atoms with E-state index in [4.69, 9.17) is 0 Å². The van der Waals surface area contributed by atoms with Crippen molar-refractivity contribution < 1.29 is 8.78 Å². The van der Waals surface area contributed by atoms with Crippen LogP contribution in [0, 0.1) is 11.6 Å². The van der Waals surface area contributed by atoms with Crippen molar-refractivity contribution in [2.45, 2.75) is 12.6 Å². The molecule has 0 bridgehead atoms. The highest BCUT2D eigenvalue weighted by Gasteiger charge is 2.16. The zero-order valence-corrected chi connectivity index (χ0v) is 9.40. The number of likely N-dealkylation sites (N-methyl/N-ethyl adjacent to an activating group) is 1. The number of hydrogen-bond donors (Lipinski definition) is 1. The zero-order valence-electron chi connectivity index (χ0n) is 9.40. The normalized spacial score (nSPS) is 12.6. The monoisotopic (exact) mass is 237 g/mol. The van der Waals surface area contributed by atoms with E-state index in [1.54, 1.807) is 31.8 Å². The number of halogens is 2. The summed E-state index contributed by atoms with van der Waals surface area (Å²) in [5, 5.41) is 2.97. The van der Waals surface area contributed by atoms with Gasteiger partial charge in [0, 0.05) is 24.5 Å². The lowest BCUT2D eigenvalue weighted by molar-refractivity contribution is 0.446. The van der Waals surface area contributed by atoms with E-state index in [1.165, 1.54) is 6.07 Å². The Morgan fingerprint density at radius 3 is 2.88 bits per heavy atom. The number of nitrogens with zero attached hydrogens (tertiary/aromatic N) is 2. The summed E-state index contributed by atoms with van der Waals surface area (Å²) in [7, 11) is 1.71. The SMILES string of the molecule is CNC(Cn1ccnc1)c1cccc(F)c1F. The molecule has 1 atom stereocenters. The van der Waals surface area contributed by atoms with Gasteiger partial charge in [-0.15, -0.1) is 0 Å². The molecule has 0 radical (unpaired) electrons. The first-order chi connectivity index (χ1) is 8.22. The van der Waals surface area contributed by atoms with E-state index in [2.05, 4.69) is 10.3 Å². The molecule has 1 N–H and O–H groups in total. The van der Waals surface area contributed by atoms with Crippen LogP contribution in [0.15, 0.2) is 36.9 Å². The highest BCUT2D eigenvalue weighted by molar-refractivity contribution is 5.22. The van der Waals surface area contributed by atoms with E-state index in [9.17, 15) is 8.78 Å². The highest BCUT2D eigenvalue weighted by atomic mass is 19.2. The van der Waals surface area contributed by atoms with Crippen molar-refractivity contribution in [2.75, 3.05) is 7.05 Å². The van der Waals surface area contributed by atoms with Crippen LogP contribution in [0.25, 0.3) is 0 Å². The molecule has 0 aliphatic heterocycles. The zero-order chi connectivity index (χ0) is 12.3. The van der Waals surface area contributed by atoms with Crippen LogP contribution in [-0.4, -0.2) is 16.6 Å². The van der Waals surface area contributed by atoms with Crippen LogP contribution in [0.1, 0.15) is 11.6 Å². The second kappa shape index (κ2) is 5.05. The standard InChI is InChI=1S/C12H13F2N3/c1-15-11(7-17-6-5-16-8-17)9-3-2-4-10(13)12(9)14/h2-6,8,11,15H,7H2,1H3. The molecule has 1 heterocycles. The second-order valence-corrected chi connectivity index (χ2v) is 3.74. The summed E-state index contributed by atoms with van der Waals surface area (Å²) in [6.45, 7) is 0.497. The Hall–Kier alpha value is -1.75. The molecule has 90 valence electrons. The molecule has 1 unspecified atom stereocenters. The highest BCUT2D eigenvalue weighted by Crippen LogP contribution is 2.20. The van der Waals surface area contributed by atoms with Gasteiger partial charge in [0.1, 0.15) is 0 Å². The maximum atomic E-state index is 13.6. The molecule has 0 aliphatic carbocycles. The quantitative estimate of drug-likeness (QED) is 0.882. The second-order valence-electron chi connectivity index (χ2n) is 3.74. The fourth-order valence-electron chi connectivity index (χ4n) is 1.74. The summed E-state index contributed by atoms with van der Waals surface area (Å²) >= 11 is 0. The molecule has 0 saturated carbocycles. The average Bonchev–Trinajstić information content (AvgIpc) is 2.83. The van der Waals surface area contributed by atoms with Crippen molar-refractivity contribution in [3.8, 4) is 0 Å². The summed E-state index contributed by atoms with van der Waals surface area (Å²) < 4.78 is 28.6. The first kappa shape index (κ1) is 11.7. The van der Waals surface area contributed by atoms with E-state index >= 15 is 0 Å². The molecule has 2 aromatic rings. The molecule has 0 saturated heterocycles. The van der Waals surface area contributed by atoms with E-state index in [1.807, 2.05) is 4.57 Å². The minimum atomic E-state index is -0.826. The van der Waals surface area contributed by atoms with E-state index in [0.29, 0.717) is 12.1 Å². The van der Waals surface area contributed by atoms with Gasteiger partial charge in [-0.05, 0) is 13.1 Å². The number of rotatable bonds is 4. The minimum absolute atomic E-state index is 0.292. The molecule has 3 nitrogen and oxygen atoms in total. The van der Waals surface area contributed by atoms with Gasteiger partial charge >= 0.3 is 0 Å². The van der Waals surface area contributed by atoms with Gasteiger partial charge in [-0.25, -0.2) is 13.8 Å². The van der Waals surface area contributed by atoms with Crippen LogP contribution in [0.3, 0.4) is 0 Å². The van der Waals surface area contributed by atoms with Gasteiger partial charge in [-0.1, -0.05) is 12.1 Å². The van der Waals surface area contributed by atoms with Crippen LogP contribution < -0.4 is 5.32 Å². The summed E-state index contributed by atoms with van der Waals surface area (Å²) in [6, 6.07) is 3.91. The number of nitrogens with one attached hydrogen (secondary N) is 1. The number of aromatic nitrogens is 2. The lowest BCUT2D eigenvalue weighted by Gasteiger charge is -2.18. The Bertz CT molecular complexity index is 483. The number of hydrogen-bond acceptors (Lipinski definition) is 2. The third-order valence-corrected chi connectivity index (χ3v) is 2.66. The van der Waals surface area contributed by atoms with E-state index in [-0.39, 0.29) is 6.04 Å². The smallest absolute Gasteiger partial charge is 0.163 e. The predicted molar refractivity (Wildman–Crippen MR) is 60.4 cm³/mol. The van der Waals surface area contributed by atoms with Crippen molar-refractivity contribution in [3.63, 3.8) is 0 Å². The maximum Gasteiger partial charge on any atom is 0.163 e. The Kier molecular flexibility index (Phi) is 3.49. The van der Waals surface area contributed by atoms with Gasteiger partial charge in [-0.3, -0.25) is 0 Å². The lowest BCUT2D eigenvalue weighted by atomic mass is 10.1. The molecule has 17 heavy (non-hydrogen) atoms. The average molecular weight is 237 g/mol. The van der Waals surface area contributed by atoms with Crippen molar-refractivity contribution in [3.05, 3.63) is 54.1 Å². The number of imidazole rings is 1. The molecular formula is C12H13F2N3. The van der Waals surface area contributed by atoms with Crippen LogP contribution in [0.4, 0.5) is 8.78 Å². The van der Waals surface area contributed by atoms with E-state index in [0.717, 1.165) is 6.07 Å². The maximum absolute atomic E-state index is 13.6. The first-order valence-electron chi connectivity index (χ1n) is 5.29. The first-order valence-corrected chi connectivity index (χ1v) is 5.29. The Morgan fingerprint density at radius 2 is 2.24 bits per heavy atom. The molecule has 0 amide bonds. The minimum Gasteiger partial charge on any atom is -0.336 e. The van der Waals surface area contributed by atoms with E-state index < -0.39 is 11.6 Å². The number of benzene rings is 1. The molecular weight excluding hydrogens is 224 g/mol. The molecule has 0 aliphatic rings. The Labute approximate surface area is 98.1 Å². The summed E-state index contributed by atoms with van der Waals surface area (Å²) in [4.78, 5) is 3.91. The van der Waals surface area contributed by atoms with Gasteiger partial charge in [0.05, 0.1) is 12.4 Å². The third kappa shape index (κ3) is 2.50. The molecule has 2 rings (SSSR count). The van der Waals surface area contributed by atoms with Crippen LogP contribution in [-0.2, 0) is 6.54 Å². The van der Waals surface area contributed by atoms with Crippen LogP contribution >= 0.6 is 0 Å². The third-order valence-electron chi connectivity index (χ3n) is 2.66. The fraction of sp³-hybridized carbons (Fsp3) is 0.250. The fourth-order valence-corrected chi connectivity index (χ4v) is 1.74. The van der Waals surface area contributed by atoms with Crippen molar-refractivity contribution in [1.29, 1.82) is 0 Å². The topological polar surface area (TPSA) is 29.9 Å². The Morgan fingerprint density at radius 1 is 1.41 bits per heavy atom. The van der Waals surface area contributed by atoms with Crippen molar-refractivity contribution >= 4 is 0 Å². The van der Waals surface area contributed by atoms with Gasteiger partial charge < -0.3 is 9.88 Å². The van der Waals surface area contributed by atoms with Crippen molar-refractivity contribution in [2.24, 2.45) is 0 Å². The summed E-state index contributed by atoms with van der Waals surface area (Å²) in [5.74, 6) is -1.62. The van der Waals surface area contributed by atoms with Gasteiger partial charge in [0.2, 0.25) is 0 Å². The summed E-state index contributed by atoms with van der Waals surface area (Å²) in [6.07, 6.45) is 5.07. The Balaban J connectivity index is 2.26. The van der Waals surface area contributed by atoms with Gasteiger partial charge in [0.25, 0.3) is 0 Å². The van der Waals surface area contributed by atoms with Crippen molar-refractivity contribution in [1.82, 2.24) is 14.9 Å². The van der Waals surface area contributed by atoms with Crippen LogP contribution in [0.5, 0.6) is 0 Å². The largest absolute Gasteiger partial charge is 0.336 e. The van der Waals surface area contributed by atoms with Gasteiger partial charge in [-0.2, -0.15) is 0 Å². The summed E-state index contributed by atoms with van der Waals surface area (Å²) in [5.41, 5.74) is 0.321.